The van der Waals surface area contributed by atoms with Gasteiger partial charge in [0.25, 0.3) is 0 Å². The Labute approximate surface area is 156 Å². The molecule has 0 aromatic heterocycles. The molecule has 4 fully saturated rings. The highest BCUT2D eigenvalue weighted by Crippen LogP contribution is 2.63. The van der Waals surface area contributed by atoms with Gasteiger partial charge in [0.15, 0.2) is 0 Å². The Balaban J connectivity index is 1.24. The molecule has 2 saturated heterocycles. The van der Waals surface area contributed by atoms with Gasteiger partial charge in [0.1, 0.15) is 0 Å². The van der Waals surface area contributed by atoms with Crippen molar-refractivity contribution in [3.63, 3.8) is 0 Å². The highest BCUT2D eigenvalue weighted by atomic mass is 16.2. The molecule has 2 aliphatic carbocycles. The van der Waals surface area contributed by atoms with E-state index in [1.165, 1.54) is 19.3 Å². The summed E-state index contributed by atoms with van der Waals surface area (Å²) in [5.74, 6) is 1.52. The van der Waals surface area contributed by atoms with Crippen LogP contribution in [-0.2, 0) is 4.79 Å². The number of rotatable bonds is 4. The van der Waals surface area contributed by atoms with Crippen LogP contribution in [0.3, 0.4) is 0 Å². The summed E-state index contributed by atoms with van der Waals surface area (Å²) in [6, 6.07) is 0.639. The van der Waals surface area contributed by atoms with Crippen LogP contribution in [0, 0.1) is 17.3 Å². The van der Waals surface area contributed by atoms with Crippen molar-refractivity contribution >= 4 is 11.9 Å². The molecule has 0 bridgehead atoms. The fraction of sp³-hybridized carbons (Fsp3) is 0.895. The molecule has 2 aliphatic heterocycles. The van der Waals surface area contributed by atoms with Crippen LogP contribution < -0.4 is 10.6 Å². The van der Waals surface area contributed by atoms with Gasteiger partial charge < -0.3 is 25.3 Å². The van der Waals surface area contributed by atoms with E-state index in [0.29, 0.717) is 29.8 Å². The number of nitrogens with one attached hydrogen (secondary N) is 2. The van der Waals surface area contributed by atoms with Crippen molar-refractivity contribution in [1.82, 2.24) is 25.3 Å². The SMILES string of the molecule is CN[C@@H]1CCCN1C(=O)CN[C@H]1CC12C[C@H]1CN(C(=O)N(C)C)C[C@H]1C2. The zero-order valence-corrected chi connectivity index (χ0v) is 16.3. The third kappa shape index (κ3) is 3.09. The first-order chi connectivity index (χ1) is 12.4. The van der Waals surface area contributed by atoms with Gasteiger partial charge in [-0.15, -0.1) is 0 Å². The Kier molecular flexibility index (Phi) is 4.63. The maximum Gasteiger partial charge on any atom is 0.319 e. The molecule has 1 spiro atoms. The molecular formula is C19H33N5O2. The molecule has 7 nitrogen and oxygen atoms in total. The molecule has 4 aliphatic rings. The Hall–Kier alpha value is -1.34. The molecule has 26 heavy (non-hydrogen) atoms. The van der Waals surface area contributed by atoms with E-state index in [1.807, 2.05) is 30.9 Å². The van der Waals surface area contributed by atoms with Gasteiger partial charge in [0.2, 0.25) is 5.91 Å². The Bertz CT molecular complexity index is 566. The number of fused-ring (bicyclic) bond motifs is 1. The molecular weight excluding hydrogens is 330 g/mol. The maximum absolute atomic E-state index is 12.5. The van der Waals surface area contributed by atoms with Gasteiger partial charge in [-0.05, 0) is 56.4 Å². The standard InChI is InChI=1S/C19H33N5O2/c1-20-16-5-4-6-24(16)17(25)10-21-15-9-19(15)7-13-11-23(12-14(13)8-19)18(26)22(2)3/h13-16,20-21H,4-12H2,1-3H3/t13-,14+,15-,16-,19?/m0/s1. The summed E-state index contributed by atoms with van der Waals surface area (Å²) in [5.41, 5.74) is 0.399. The number of amides is 3. The zero-order valence-electron chi connectivity index (χ0n) is 16.3. The maximum atomic E-state index is 12.5. The number of hydrogen-bond acceptors (Lipinski definition) is 4. The van der Waals surface area contributed by atoms with Crippen LogP contribution in [0.4, 0.5) is 4.79 Å². The van der Waals surface area contributed by atoms with Crippen molar-refractivity contribution in [1.29, 1.82) is 0 Å². The molecule has 5 atom stereocenters. The largest absolute Gasteiger partial charge is 0.331 e. The minimum Gasteiger partial charge on any atom is -0.331 e. The lowest BCUT2D eigenvalue weighted by Crippen LogP contribution is -2.47. The molecule has 2 heterocycles. The molecule has 0 radical (unpaired) electrons. The summed E-state index contributed by atoms with van der Waals surface area (Å²) in [7, 11) is 5.59. The van der Waals surface area contributed by atoms with E-state index in [9.17, 15) is 9.59 Å². The zero-order chi connectivity index (χ0) is 18.5. The number of urea groups is 1. The van der Waals surface area contributed by atoms with E-state index in [1.54, 1.807) is 4.90 Å². The van der Waals surface area contributed by atoms with Crippen LogP contribution >= 0.6 is 0 Å². The second-order valence-electron chi connectivity index (χ2n) is 9.04. The number of carbonyl (C=O) groups is 2. The quantitative estimate of drug-likeness (QED) is 0.764. The van der Waals surface area contributed by atoms with E-state index >= 15 is 0 Å². The van der Waals surface area contributed by atoms with Crippen molar-refractivity contribution < 1.29 is 9.59 Å². The summed E-state index contributed by atoms with van der Waals surface area (Å²) in [5, 5.41) is 6.78. The van der Waals surface area contributed by atoms with Gasteiger partial charge in [-0.1, -0.05) is 0 Å². The van der Waals surface area contributed by atoms with Crippen LogP contribution in [0.1, 0.15) is 32.1 Å². The summed E-state index contributed by atoms with van der Waals surface area (Å²) >= 11 is 0. The molecule has 3 amide bonds. The molecule has 7 heteroatoms. The van der Waals surface area contributed by atoms with E-state index in [0.717, 1.165) is 32.5 Å². The number of likely N-dealkylation sites (tertiary alicyclic amines) is 2. The summed E-state index contributed by atoms with van der Waals surface area (Å²) in [6.45, 7) is 3.16. The first-order valence-electron chi connectivity index (χ1n) is 10.1. The predicted octanol–water partition coefficient (Wildman–Crippen LogP) is 0.526. The predicted molar refractivity (Wildman–Crippen MR) is 99.5 cm³/mol. The number of nitrogens with zero attached hydrogens (tertiary/aromatic N) is 3. The van der Waals surface area contributed by atoms with Gasteiger partial charge >= 0.3 is 6.03 Å². The number of carbonyl (C=O) groups excluding carboxylic acids is 2. The lowest BCUT2D eigenvalue weighted by molar-refractivity contribution is -0.131. The van der Waals surface area contributed by atoms with Gasteiger partial charge in [-0.3, -0.25) is 4.79 Å². The third-order valence-corrected chi connectivity index (χ3v) is 7.16. The Morgan fingerprint density at radius 2 is 1.85 bits per heavy atom. The van der Waals surface area contributed by atoms with Crippen molar-refractivity contribution in [3.05, 3.63) is 0 Å². The molecule has 0 aromatic rings. The lowest BCUT2D eigenvalue weighted by Gasteiger charge is -2.25. The molecule has 0 aromatic carbocycles. The van der Waals surface area contributed by atoms with Crippen LogP contribution in [0.25, 0.3) is 0 Å². The van der Waals surface area contributed by atoms with Crippen LogP contribution in [0.2, 0.25) is 0 Å². The topological polar surface area (TPSA) is 67.9 Å². The molecule has 2 N–H and O–H groups in total. The molecule has 2 saturated carbocycles. The minimum atomic E-state index is 0.147. The van der Waals surface area contributed by atoms with Crippen molar-refractivity contribution in [3.8, 4) is 0 Å². The summed E-state index contributed by atoms with van der Waals surface area (Å²) in [6.07, 6.45) is 5.98. The average Bonchev–Trinajstić information content (AvgIpc) is 2.98. The molecule has 1 unspecified atom stereocenters. The normalized spacial score (nSPS) is 38.1. The highest BCUT2D eigenvalue weighted by molar-refractivity contribution is 5.79. The molecule has 146 valence electrons. The minimum absolute atomic E-state index is 0.147. The number of hydrogen-bond donors (Lipinski definition) is 2. The van der Waals surface area contributed by atoms with Crippen molar-refractivity contribution in [2.45, 2.75) is 44.3 Å². The van der Waals surface area contributed by atoms with Crippen molar-refractivity contribution in [2.75, 3.05) is 47.3 Å². The van der Waals surface area contributed by atoms with Crippen LogP contribution in [-0.4, -0.2) is 86.2 Å². The Morgan fingerprint density at radius 3 is 2.46 bits per heavy atom. The van der Waals surface area contributed by atoms with Gasteiger partial charge in [-0.25, -0.2) is 4.79 Å². The first-order valence-corrected chi connectivity index (χ1v) is 10.1. The van der Waals surface area contributed by atoms with Crippen LogP contribution in [0.5, 0.6) is 0 Å². The Morgan fingerprint density at radius 1 is 1.15 bits per heavy atom. The average molecular weight is 364 g/mol. The van der Waals surface area contributed by atoms with E-state index < -0.39 is 0 Å². The summed E-state index contributed by atoms with van der Waals surface area (Å²) in [4.78, 5) is 30.3. The van der Waals surface area contributed by atoms with Gasteiger partial charge in [0, 0.05) is 39.8 Å². The third-order valence-electron chi connectivity index (χ3n) is 7.16. The van der Waals surface area contributed by atoms with E-state index in [-0.39, 0.29) is 18.1 Å². The first kappa shape index (κ1) is 18.0. The summed E-state index contributed by atoms with van der Waals surface area (Å²) < 4.78 is 0. The highest BCUT2D eigenvalue weighted by Gasteiger charge is 2.62. The monoisotopic (exact) mass is 363 g/mol. The van der Waals surface area contributed by atoms with E-state index in [2.05, 4.69) is 10.6 Å². The smallest absolute Gasteiger partial charge is 0.319 e. The molecule has 4 rings (SSSR count). The van der Waals surface area contributed by atoms with Gasteiger partial charge in [-0.2, -0.15) is 0 Å². The lowest BCUT2D eigenvalue weighted by atomic mass is 10.0. The van der Waals surface area contributed by atoms with Crippen LogP contribution in [0.15, 0.2) is 0 Å². The second-order valence-corrected chi connectivity index (χ2v) is 9.04. The van der Waals surface area contributed by atoms with Crippen molar-refractivity contribution in [2.24, 2.45) is 17.3 Å². The fourth-order valence-electron chi connectivity index (χ4n) is 5.73. The van der Waals surface area contributed by atoms with Gasteiger partial charge in [0.05, 0.1) is 12.7 Å². The van der Waals surface area contributed by atoms with E-state index in [4.69, 9.17) is 0 Å². The second kappa shape index (κ2) is 6.68. The fourth-order valence-corrected chi connectivity index (χ4v) is 5.73.